The predicted molar refractivity (Wildman–Crippen MR) is 73.0 cm³/mol. The van der Waals surface area contributed by atoms with Crippen LogP contribution in [0, 0.1) is 5.82 Å². The van der Waals surface area contributed by atoms with Gasteiger partial charge >= 0.3 is 0 Å². The summed E-state index contributed by atoms with van der Waals surface area (Å²) in [7, 11) is -1.33. The van der Waals surface area contributed by atoms with Crippen LogP contribution in [0.1, 0.15) is 5.56 Å². The van der Waals surface area contributed by atoms with Crippen molar-refractivity contribution < 1.29 is 8.60 Å². The van der Waals surface area contributed by atoms with Crippen LogP contribution < -0.4 is 0 Å². The van der Waals surface area contributed by atoms with Gasteiger partial charge in [0, 0.05) is 14.9 Å². The van der Waals surface area contributed by atoms with Crippen LogP contribution in [-0.2, 0) is 16.6 Å². The molecule has 0 fully saturated rings. The smallest absolute Gasteiger partial charge is 0.124 e. The van der Waals surface area contributed by atoms with Gasteiger partial charge in [0.15, 0.2) is 0 Å². The van der Waals surface area contributed by atoms with E-state index in [0.717, 1.165) is 5.56 Å². The highest BCUT2D eigenvalue weighted by Gasteiger charge is 2.09. The molecule has 0 aliphatic rings. The van der Waals surface area contributed by atoms with E-state index in [-0.39, 0.29) is 5.75 Å². The van der Waals surface area contributed by atoms with E-state index in [1.807, 2.05) is 0 Å². The van der Waals surface area contributed by atoms with Crippen LogP contribution >= 0.6 is 23.2 Å². The Kier molecular flexibility index (Phi) is 4.38. The van der Waals surface area contributed by atoms with Crippen molar-refractivity contribution in [1.29, 1.82) is 0 Å². The van der Waals surface area contributed by atoms with Crippen molar-refractivity contribution in [3.05, 3.63) is 63.9 Å². The van der Waals surface area contributed by atoms with Crippen LogP contribution in [0.4, 0.5) is 4.39 Å². The lowest BCUT2D eigenvalue weighted by molar-refractivity contribution is 0.622. The third-order valence-corrected chi connectivity index (χ3v) is 4.30. The van der Waals surface area contributed by atoms with E-state index in [2.05, 4.69) is 0 Å². The molecule has 0 N–H and O–H groups in total. The van der Waals surface area contributed by atoms with E-state index in [4.69, 9.17) is 23.2 Å². The Labute approximate surface area is 117 Å². The molecular formula is C13H9Cl2FOS. The number of hydrogen-bond donors (Lipinski definition) is 0. The second kappa shape index (κ2) is 5.83. The topological polar surface area (TPSA) is 17.1 Å². The second-order valence-electron chi connectivity index (χ2n) is 3.68. The summed E-state index contributed by atoms with van der Waals surface area (Å²) in [6.07, 6.45) is 0. The van der Waals surface area contributed by atoms with Gasteiger partial charge in [0.2, 0.25) is 0 Å². The van der Waals surface area contributed by atoms with Crippen molar-refractivity contribution >= 4 is 34.0 Å². The van der Waals surface area contributed by atoms with Gasteiger partial charge < -0.3 is 0 Å². The summed E-state index contributed by atoms with van der Waals surface area (Å²) in [5.74, 6) is -0.164. The summed E-state index contributed by atoms with van der Waals surface area (Å²) in [4.78, 5) is 0.445. The third-order valence-electron chi connectivity index (χ3n) is 2.36. The van der Waals surface area contributed by atoms with Gasteiger partial charge in [-0.25, -0.2) is 4.39 Å². The van der Waals surface area contributed by atoms with Crippen molar-refractivity contribution in [1.82, 2.24) is 0 Å². The average molecular weight is 303 g/mol. The molecule has 0 saturated carbocycles. The van der Waals surface area contributed by atoms with Crippen molar-refractivity contribution in [3.8, 4) is 0 Å². The van der Waals surface area contributed by atoms with Gasteiger partial charge in [0.1, 0.15) is 5.82 Å². The molecule has 0 bridgehead atoms. The van der Waals surface area contributed by atoms with Crippen LogP contribution in [0.3, 0.4) is 0 Å². The lowest BCUT2D eigenvalue weighted by Crippen LogP contribution is -1.97. The van der Waals surface area contributed by atoms with Gasteiger partial charge in [-0.3, -0.25) is 4.21 Å². The number of rotatable bonds is 3. The van der Waals surface area contributed by atoms with Crippen molar-refractivity contribution in [2.75, 3.05) is 0 Å². The van der Waals surface area contributed by atoms with Crippen molar-refractivity contribution in [2.45, 2.75) is 10.6 Å². The molecule has 0 heterocycles. The maximum Gasteiger partial charge on any atom is 0.124 e. The maximum atomic E-state index is 13.0. The van der Waals surface area contributed by atoms with Crippen LogP contribution in [0.15, 0.2) is 47.4 Å². The summed E-state index contributed by atoms with van der Waals surface area (Å²) in [5, 5.41) is 0.993. The highest BCUT2D eigenvalue weighted by atomic mass is 35.5. The molecule has 0 spiro atoms. The third kappa shape index (κ3) is 3.31. The number of benzene rings is 2. The molecule has 94 valence electrons. The van der Waals surface area contributed by atoms with Crippen LogP contribution in [0.5, 0.6) is 0 Å². The molecule has 2 rings (SSSR count). The molecule has 5 heteroatoms. The summed E-state index contributed by atoms with van der Waals surface area (Å²) >= 11 is 11.8. The van der Waals surface area contributed by atoms with Gasteiger partial charge in [-0.05, 0) is 35.9 Å². The molecule has 0 saturated heterocycles. The molecule has 18 heavy (non-hydrogen) atoms. The van der Waals surface area contributed by atoms with Gasteiger partial charge in [0.25, 0.3) is 0 Å². The average Bonchev–Trinajstić information content (AvgIpc) is 2.32. The second-order valence-corrected chi connectivity index (χ2v) is 5.98. The Morgan fingerprint density at radius 1 is 1.11 bits per heavy atom. The van der Waals surface area contributed by atoms with Crippen molar-refractivity contribution in [3.63, 3.8) is 0 Å². The van der Waals surface area contributed by atoms with E-state index in [1.165, 1.54) is 18.2 Å². The van der Waals surface area contributed by atoms with E-state index in [9.17, 15) is 8.60 Å². The minimum absolute atomic E-state index is 0.236. The molecule has 1 nitrogen and oxygen atoms in total. The molecule has 2 aromatic rings. The summed E-state index contributed by atoms with van der Waals surface area (Å²) < 4.78 is 25.1. The Morgan fingerprint density at radius 3 is 2.56 bits per heavy atom. The number of halogens is 3. The summed E-state index contributed by atoms with van der Waals surface area (Å²) in [6.45, 7) is 0. The highest BCUT2D eigenvalue weighted by Crippen LogP contribution is 2.23. The Hall–Kier alpha value is -0.900. The molecule has 0 radical (unpaired) electrons. The Balaban J connectivity index is 2.21. The van der Waals surface area contributed by atoms with E-state index in [1.54, 1.807) is 24.3 Å². The summed E-state index contributed by atoms with van der Waals surface area (Å²) in [5.41, 5.74) is 0.726. The standard InChI is InChI=1S/C13H9Cl2FOS/c14-10-5-4-9(13(15)6-10)8-18(17)12-3-1-2-11(16)7-12/h1-7H,8H2. The Morgan fingerprint density at radius 2 is 1.89 bits per heavy atom. The molecular weight excluding hydrogens is 294 g/mol. The lowest BCUT2D eigenvalue weighted by Gasteiger charge is -2.05. The molecule has 0 aromatic heterocycles. The first kappa shape index (κ1) is 13.5. The predicted octanol–water partition coefficient (Wildman–Crippen LogP) is 4.44. The lowest BCUT2D eigenvalue weighted by atomic mass is 10.2. The minimum Gasteiger partial charge on any atom is -0.254 e. The quantitative estimate of drug-likeness (QED) is 0.819. The molecule has 0 amide bonds. The van der Waals surface area contributed by atoms with Gasteiger partial charge in [-0.2, -0.15) is 0 Å². The zero-order valence-electron chi connectivity index (χ0n) is 9.20. The molecule has 0 aliphatic carbocycles. The van der Waals surface area contributed by atoms with Crippen LogP contribution in [0.25, 0.3) is 0 Å². The first-order chi connectivity index (χ1) is 8.56. The van der Waals surface area contributed by atoms with Gasteiger partial charge in [-0.15, -0.1) is 0 Å². The monoisotopic (exact) mass is 302 g/mol. The molecule has 0 aliphatic heterocycles. The number of hydrogen-bond acceptors (Lipinski definition) is 1. The van der Waals surface area contributed by atoms with E-state index < -0.39 is 16.6 Å². The SMILES string of the molecule is O=S(Cc1ccc(Cl)cc1Cl)c1cccc(F)c1. The minimum atomic E-state index is -1.33. The maximum absolute atomic E-state index is 13.0. The summed E-state index contributed by atoms with van der Waals surface area (Å²) in [6, 6.07) is 10.7. The van der Waals surface area contributed by atoms with E-state index >= 15 is 0 Å². The first-order valence-electron chi connectivity index (χ1n) is 5.14. The zero-order valence-corrected chi connectivity index (χ0v) is 11.5. The van der Waals surface area contributed by atoms with Crippen LogP contribution in [0.2, 0.25) is 10.0 Å². The van der Waals surface area contributed by atoms with Crippen molar-refractivity contribution in [2.24, 2.45) is 0 Å². The molecule has 1 unspecified atom stereocenters. The fraction of sp³-hybridized carbons (Fsp3) is 0.0769. The first-order valence-corrected chi connectivity index (χ1v) is 7.21. The van der Waals surface area contributed by atoms with Gasteiger partial charge in [0.05, 0.1) is 16.6 Å². The fourth-order valence-electron chi connectivity index (χ4n) is 1.47. The van der Waals surface area contributed by atoms with E-state index in [0.29, 0.717) is 14.9 Å². The highest BCUT2D eigenvalue weighted by molar-refractivity contribution is 7.84. The molecule has 1 atom stereocenters. The largest absolute Gasteiger partial charge is 0.254 e. The molecule has 2 aromatic carbocycles. The Bertz CT molecular complexity index is 601. The van der Waals surface area contributed by atoms with Gasteiger partial charge in [-0.1, -0.05) is 35.3 Å². The normalized spacial score (nSPS) is 12.4. The zero-order chi connectivity index (χ0) is 13.1. The van der Waals surface area contributed by atoms with Crippen LogP contribution in [-0.4, -0.2) is 4.21 Å². The fourth-order valence-corrected chi connectivity index (χ4v) is 3.20.